The Labute approximate surface area is 121 Å². The van der Waals surface area contributed by atoms with Crippen LogP contribution in [-0.2, 0) is 13.1 Å². The van der Waals surface area contributed by atoms with E-state index in [0.717, 1.165) is 24.1 Å². The number of rotatable bonds is 4. The van der Waals surface area contributed by atoms with Crippen molar-refractivity contribution in [1.29, 1.82) is 0 Å². The van der Waals surface area contributed by atoms with Gasteiger partial charge < -0.3 is 10.2 Å². The third-order valence-corrected chi connectivity index (χ3v) is 4.79. The minimum atomic E-state index is 0.502. The van der Waals surface area contributed by atoms with E-state index >= 15 is 0 Å². The van der Waals surface area contributed by atoms with Gasteiger partial charge in [0.15, 0.2) is 0 Å². The molecule has 2 fully saturated rings. The highest BCUT2D eigenvalue weighted by molar-refractivity contribution is 5.19. The summed E-state index contributed by atoms with van der Waals surface area (Å²) >= 11 is 0. The van der Waals surface area contributed by atoms with Crippen molar-refractivity contribution < 1.29 is 4.42 Å². The van der Waals surface area contributed by atoms with Crippen LogP contribution >= 0.6 is 0 Å². The van der Waals surface area contributed by atoms with Crippen molar-refractivity contribution in [2.24, 2.45) is 5.73 Å². The molecule has 0 radical (unpaired) electrons. The van der Waals surface area contributed by atoms with Gasteiger partial charge in [0.05, 0.1) is 13.1 Å². The van der Waals surface area contributed by atoms with E-state index in [4.69, 9.17) is 10.2 Å². The van der Waals surface area contributed by atoms with E-state index in [9.17, 15) is 0 Å². The second-order valence-electron chi connectivity index (χ2n) is 6.30. The zero-order valence-corrected chi connectivity index (χ0v) is 12.6. The fourth-order valence-electron chi connectivity index (χ4n) is 3.63. The predicted molar refractivity (Wildman–Crippen MR) is 80.4 cm³/mol. The van der Waals surface area contributed by atoms with Gasteiger partial charge in [-0.05, 0) is 50.9 Å². The number of aryl methyl sites for hydroxylation is 1. The summed E-state index contributed by atoms with van der Waals surface area (Å²) in [7, 11) is 0. The third kappa shape index (κ3) is 3.08. The molecule has 1 atom stereocenters. The largest absolute Gasteiger partial charge is 0.463 e. The van der Waals surface area contributed by atoms with Crippen LogP contribution < -0.4 is 5.73 Å². The van der Waals surface area contributed by atoms with Crippen molar-refractivity contribution in [3.8, 4) is 0 Å². The normalized spacial score (nSPS) is 25.4. The van der Waals surface area contributed by atoms with Gasteiger partial charge in [0.25, 0.3) is 0 Å². The lowest BCUT2D eigenvalue weighted by molar-refractivity contribution is 0.159. The Morgan fingerprint density at radius 1 is 1.25 bits per heavy atom. The molecule has 0 aliphatic carbocycles. The molecule has 0 spiro atoms. The van der Waals surface area contributed by atoms with Crippen LogP contribution in [0.3, 0.4) is 0 Å². The molecule has 4 heteroatoms. The third-order valence-electron chi connectivity index (χ3n) is 4.79. The van der Waals surface area contributed by atoms with Gasteiger partial charge >= 0.3 is 0 Å². The molecule has 0 saturated carbocycles. The quantitative estimate of drug-likeness (QED) is 0.915. The van der Waals surface area contributed by atoms with Crippen molar-refractivity contribution in [2.45, 2.75) is 51.7 Å². The zero-order chi connectivity index (χ0) is 13.9. The van der Waals surface area contributed by atoms with Gasteiger partial charge in [0, 0.05) is 19.1 Å². The van der Waals surface area contributed by atoms with Crippen LogP contribution in [-0.4, -0.2) is 42.0 Å². The minimum Gasteiger partial charge on any atom is -0.463 e. The summed E-state index contributed by atoms with van der Waals surface area (Å²) in [5.74, 6) is 2.01. The molecule has 2 aliphatic rings. The van der Waals surface area contributed by atoms with E-state index in [1.54, 1.807) is 0 Å². The van der Waals surface area contributed by atoms with E-state index in [0.29, 0.717) is 6.54 Å². The van der Waals surface area contributed by atoms with Crippen molar-refractivity contribution in [3.05, 3.63) is 23.2 Å². The second-order valence-corrected chi connectivity index (χ2v) is 6.30. The van der Waals surface area contributed by atoms with Crippen LogP contribution in [0.4, 0.5) is 0 Å². The standard InChI is InChI=1S/C16H27N3O/c1-13-9-15(20-16(13)10-17)12-18-8-5-14(11-18)19-6-3-2-4-7-19/h9,14H,2-8,10-12,17H2,1H3. The molecule has 20 heavy (non-hydrogen) atoms. The lowest BCUT2D eigenvalue weighted by atomic mass is 10.1. The lowest BCUT2D eigenvalue weighted by Crippen LogP contribution is -2.40. The topological polar surface area (TPSA) is 45.6 Å². The highest BCUT2D eigenvalue weighted by Gasteiger charge is 2.28. The lowest BCUT2D eigenvalue weighted by Gasteiger charge is -2.32. The van der Waals surface area contributed by atoms with Crippen LogP contribution in [0.2, 0.25) is 0 Å². The number of furan rings is 1. The van der Waals surface area contributed by atoms with Crippen molar-refractivity contribution >= 4 is 0 Å². The van der Waals surface area contributed by atoms with E-state index in [2.05, 4.69) is 22.8 Å². The van der Waals surface area contributed by atoms with Crippen molar-refractivity contribution in [2.75, 3.05) is 26.2 Å². The Bertz CT molecular complexity index is 437. The first-order valence-electron chi connectivity index (χ1n) is 8.01. The summed E-state index contributed by atoms with van der Waals surface area (Å²) in [6.45, 7) is 8.51. The molecule has 4 nitrogen and oxygen atoms in total. The number of hydrogen-bond donors (Lipinski definition) is 1. The molecule has 2 aliphatic heterocycles. The van der Waals surface area contributed by atoms with Crippen LogP contribution in [0.15, 0.2) is 10.5 Å². The van der Waals surface area contributed by atoms with Gasteiger partial charge in [-0.25, -0.2) is 0 Å². The summed E-state index contributed by atoms with van der Waals surface area (Å²) in [5.41, 5.74) is 6.87. The fraction of sp³-hybridized carbons (Fsp3) is 0.750. The number of hydrogen-bond acceptors (Lipinski definition) is 4. The molecule has 1 unspecified atom stereocenters. The number of likely N-dealkylation sites (tertiary alicyclic amines) is 2. The molecule has 0 aromatic carbocycles. The SMILES string of the molecule is Cc1cc(CN2CCC(N3CCCCC3)C2)oc1CN. The first kappa shape index (κ1) is 14.1. The molecule has 3 heterocycles. The monoisotopic (exact) mass is 277 g/mol. The molecule has 2 saturated heterocycles. The molecule has 112 valence electrons. The average molecular weight is 277 g/mol. The molecule has 0 amide bonds. The summed E-state index contributed by atoms with van der Waals surface area (Å²) in [6.07, 6.45) is 5.49. The summed E-state index contributed by atoms with van der Waals surface area (Å²) < 4.78 is 5.83. The van der Waals surface area contributed by atoms with Gasteiger partial charge in [-0.1, -0.05) is 6.42 Å². The maximum Gasteiger partial charge on any atom is 0.120 e. The number of piperidine rings is 1. The van der Waals surface area contributed by atoms with Gasteiger partial charge in [0.2, 0.25) is 0 Å². The van der Waals surface area contributed by atoms with E-state index in [1.807, 2.05) is 0 Å². The number of nitrogens with zero attached hydrogens (tertiary/aromatic N) is 2. The Morgan fingerprint density at radius 2 is 2.05 bits per heavy atom. The molecular weight excluding hydrogens is 250 g/mol. The molecule has 2 N–H and O–H groups in total. The molecule has 1 aromatic heterocycles. The van der Waals surface area contributed by atoms with Gasteiger partial charge in [-0.2, -0.15) is 0 Å². The van der Waals surface area contributed by atoms with Crippen LogP contribution in [0.25, 0.3) is 0 Å². The van der Waals surface area contributed by atoms with E-state index in [1.165, 1.54) is 57.4 Å². The van der Waals surface area contributed by atoms with Crippen molar-refractivity contribution in [1.82, 2.24) is 9.80 Å². The Kier molecular flexibility index (Phi) is 4.44. The van der Waals surface area contributed by atoms with E-state index in [-0.39, 0.29) is 0 Å². The maximum atomic E-state index is 5.83. The predicted octanol–water partition coefficient (Wildman–Crippen LogP) is 2.11. The average Bonchev–Trinajstić information content (AvgIpc) is 3.07. The van der Waals surface area contributed by atoms with Gasteiger partial charge in [-0.15, -0.1) is 0 Å². The Hall–Kier alpha value is -0.840. The molecule has 1 aromatic rings. The highest BCUT2D eigenvalue weighted by atomic mass is 16.3. The molecule has 0 bridgehead atoms. The van der Waals surface area contributed by atoms with Crippen LogP contribution in [0.5, 0.6) is 0 Å². The smallest absolute Gasteiger partial charge is 0.120 e. The fourth-order valence-corrected chi connectivity index (χ4v) is 3.63. The van der Waals surface area contributed by atoms with E-state index < -0.39 is 0 Å². The first-order chi connectivity index (χ1) is 9.76. The summed E-state index contributed by atoms with van der Waals surface area (Å²) in [4.78, 5) is 5.22. The maximum absolute atomic E-state index is 5.83. The zero-order valence-electron chi connectivity index (χ0n) is 12.6. The highest BCUT2D eigenvalue weighted by Crippen LogP contribution is 2.23. The van der Waals surface area contributed by atoms with Crippen LogP contribution in [0, 0.1) is 6.92 Å². The molecule has 3 rings (SSSR count). The number of nitrogens with two attached hydrogens (primary N) is 1. The van der Waals surface area contributed by atoms with Gasteiger partial charge in [-0.3, -0.25) is 9.80 Å². The van der Waals surface area contributed by atoms with Crippen molar-refractivity contribution in [3.63, 3.8) is 0 Å². The van der Waals surface area contributed by atoms with Crippen LogP contribution in [0.1, 0.15) is 42.8 Å². The Balaban J connectivity index is 1.54. The first-order valence-corrected chi connectivity index (χ1v) is 8.01. The van der Waals surface area contributed by atoms with Gasteiger partial charge in [0.1, 0.15) is 11.5 Å². The Morgan fingerprint density at radius 3 is 2.75 bits per heavy atom. The molecular formula is C16H27N3O. The second kappa shape index (κ2) is 6.29. The summed E-state index contributed by atoms with van der Waals surface area (Å²) in [6, 6.07) is 2.91. The minimum absolute atomic E-state index is 0.502. The summed E-state index contributed by atoms with van der Waals surface area (Å²) in [5, 5.41) is 0.